The van der Waals surface area contributed by atoms with Crippen molar-refractivity contribution in [3.8, 4) is 0 Å². The van der Waals surface area contributed by atoms with Gasteiger partial charge in [0, 0.05) is 0 Å². The molecule has 0 aromatic carbocycles. The highest BCUT2D eigenvalue weighted by Crippen LogP contribution is 2.29. The summed E-state index contributed by atoms with van der Waals surface area (Å²) in [6.45, 7) is -1.24. The van der Waals surface area contributed by atoms with E-state index in [1.165, 1.54) is 6.07 Å². The Kier molecular flexibility index (Phi) is 4.06. The summed E-state index contributed by atoms with van der Waals surface area (Å²) in [5.74, 6) is 4.96. The van der Waals surface area contributed by atoms with E-state index in [-0.39, 0.29) is 21.7 Å². The third-order valence-electron chi connectivity index (χ3n) is 1.52. The fourth-order valence-electron chi connectivity index (χ4n) is 0.876. The van der Waals surface area contributed by atoms with Crippen LogP contribution in [0.5, 0.6) is 0 Å². The summed E-state index contributed by atoms with van der Waals surface area (Å²) in [7, 11) is 0. The molecule has 1 aromatic heterocycles. The fourth-order valence-corrected chi connectivity index (χ4v) is 1.36. The van der Waals surface area contributed by atoms with Gasteiger partial charge in [-0.05, 0) is 6.07 Å². The molecule has 0 radical (unpaired) electrons. The van der Waals surface area contributed by atoms with Crippen molar-refractivity contribution in [3.63, 3.8) is 0 Å². The Morgan fingerprint density at radius 1 is 1.25 bits per heavy atom. The summed E-state index contributed by atoms with van der Waals surface area (Å²) in [4.78, 5) is 3.68. The number of rotatable bonds is 3. The molecule has 0 saturated heterocycles. The lowest BCUT2D eigenvalue weighted by Crippen LogP contribution is -2.22. The minimum atomic E-state index is -4.36. The van der Waals surface area contributed by atoms with Crippen LogP contribution in [0.4, 0.5) is 24.8 Å². The third kappa shape index (κ3) is 3.58. The van der Waals surface area contributed by atoms with Crippen molar-refractivity contribution in [1.29, 1.82) is 0 Å². The van der Waals surface area contributed by atoms with Crippen LogP contribution in [0.3, 0.4) is 0 Å². The van der Waals surface area contributed by atoms with Crippen molar-refractivity contribution in [2.45, 2.75) is 6.18 Å². The van der Waals surface area contributed by atoms with Gasteiger partial charge in [-0.1, -0.05) is 23.2 Å². The van der Waals surface area contributed by atoms with Gasteiger partial charge in [0.1, 0.15) is 12.4 Å². The molecule has 0 unspecified atom stereocenters. The van der Waals surface area contributed by atoms with Crippen molar-refractivity contribution in [2.24, 2.45) is 5.84 Å². The van der Waals surface area contributed by atoms with E-state index in [4.69, 9.17) is 29.0 Å². The Morgan fingerprint density at radius 2 is 1.81 bits per heavy atom. The maximum Gasteiger partial charge on any atom is 0.405 e. The normalized spacial score (nSPS) is 11.4. The van der Waals surface area contributed by atoms with Gasteiger partial charge in [0.15, 0.2) is 5.82 Å². The minimum Gasteiger partial charge on any atom is -0.360 e. The molecular formula is C7H7Cl2F3N4. The monoisotopic (exact) mass is 274 g/mol. The highest BCUT2D eigenvalue weighted by atomic mass is 35.5. The number of nitrogens with two attached hydrogens (primary N) is 1. The Bertz CT molecular complexity index is 383. The molecule has 0 aliphatic carbocycles. The van der Waals surface area contributed by atoms with E-state index in [1.807, 2.05) is 5.32 Å². The molecule has 4 nitrogen and oxygen atoms in total. The summed E-state index contributed by atoms with van der Waals surface area (Å²) >= 11 is 11.3. The molecule has 1 heterocycles. The molecule has 0 atom stereocenters. The van der Waals surface area contributed by atoms with Gasteiger partial charge >= 0.3 is 6.18 Å². The van der Waals surface area contributed by atoms with Crippen LogP contribution in [-0.2, 0) is 0 Å². The largest absolute Gasteiger partial charge is 0.405 e. The van der Waals surface area contributed by atoms with Crippen molar-refractivity contribution in [3.05, 3.63) is 16.1 Å². The second-order valence-corrected chi connectivity index (χ2v) is 3.58. The number of hydrazine groups is 1. The van der Waals surface area contributed by atoms with Gasteiger partial charge in [-0.25, -0.2) is 10.8 Å². The zero-order valence-corrected chi connectivity index (χ0v) is 9.21. The molecule has 90 valence electrons. The van der Waals surface area contributed by atoms with Gasteiger partial charge < -0.3 is 10.7 Å². The molecule has 0 spiro atoms. The van der Waals surface area contributed by atoms with Crippen LogP contribution in [-0.4, -0.2) is 17.7 Å². The third-order valence-corrected chi connectivity index (χ3v) is 2.10. The number of anilines is 2. The standard InChI is InChI=1S/C7H7Cl2F3N4/c8-3-1-4(9)6(16-13)15-5(3)14-2-7(10,11)12/h1H,2,13H2,(H2,14,15,16). The van der Waals surface area contributed by atoms with Crippen molar-refractivity contribution < 1.29 is 13.2 Å². The number of nitrogen functional groups attached to an aromatic ring is 1. The molecule has 0 aliphatic heterocycles. The van der Waals surface area contributed by atoms with Gasteiger partial charge in [-0.15, -0.1) is 0 Å². The van der Waals surface area contributed by atoms with E-state index in [0.717, 1.165) is 0 Å². The number of pyridine rings is 1. The number of nitrogens with zero attached hydrogens (tertiary/aromatic N) is 1. The molecule has 1 rings (SSSR count). The van der Waals surface area contributed by atoms with Crippen molar-refractivity contribution >= 4 is 34.8 Å². The van der Waals surface area contributed by atoms with Crippen molar-refractivity contribution in [2.75, 3.05) is 17.3 Å². The van der Waals surface area contributed by atoms with E-state index in [2.05, 4.69) is 10.4 Å². The van der Waals surface area contributed by atoms with Crippen molar-refractivity contribution in [1.82, 2.24) is 4.98 Å². The van der Waals surface area contributed by atoms with Crippen LogP contribution in [0.2, 0.25) is 10.0 Å². The lowest BCUT2D eigenvalue weighted by molar-refractivity contribution is -0.115. The maximum absolute atomic E-state index is 11.9. The molecule has 0 saturated carbocycles. The number of alkyl halides is 3. The summed E-state index contributed by atoms with van der Waals surface area (Å²) in [5.41, 5.74) is 2.14. The number of hydrogen-bond acceptors (Lipinski definition) is 4. The lowest BCUT2D eigenvalue weighted by Gasteiger charge is -2.12. The number of hydrogen-bond donors (Lipinski definition) is 3. The molecule has 0 bridgehead atoms. The summed E-state index contributed by atoms with van der Waals surface area (Å²) < 4.78 is 35.8. The average Bonchev–Trinajstić information content (AvgIpc) is 2.15. The van der Waals surface area contributed by atoms with E-state index < -0.39 is 12.7 Å². The van der Waals surface area contributed by atoms with Gasteiger partial charge in [0.05, 0.1) is 10.0 Å². The van der Waals surface area contributed by atoms with Gasteiger partial charge in [-0.3, -0.25) is 0 Å². The predicted molar refractivity (Wildman–Crippen MR) is 56.6 cm³/mol. The van der Waals surface area contributed by atoms with Gasteiger partial charge in [-0.2, -0.15) is 13.2 Å². The summed E-state index contributed by atoms with van der Waals surface area (Å²) in [5, 5.41) is 2.13. The lowest BCUT2D eigenvalue weighted by atomic mass is 10.4. The molecule has 0 aliphatic rings. The maximum atomic E-state index is 11.9. The van der Waals surface area contributed by atoms with Gasteiger partial charge in [0.2, 0.25) is 0 Å². The predicted octanol–water partition coefficient (Wildman–Crippen LogP) is 2.65. The number of halogens is 5. The molecule has 16 heavy (non-hydrogen) atoms. The Labute approximate surface area is 98.9 Å². The highest BCUT2D eigenvalue weighted by molar-refractivity contribution is 6.37. The quantitative estimate of drug-likeness (QED) is 0.586. The fraction of sp³-hybridized carbons (Fsp3) is 0.286. The van der Waals surface area contributed by atoms with E-state index in [1.54, 1.807) is 0 Å². The summed E-state index contributed by atoms with van der Waals surface area (Å²) in [6, 6.07) is 1.24. The molecule has 1 aromatic rings. The molecular weight excluding hydrogens is 268 g/mol. The van der Waals surface area contributed by atoms with Crippen LogP contribution in [0.25, 0.3) is 0 Å². The topological polar surface area (TPSA) is 63.0 Å². The Hall–Kier alpha value is -0.920. The Morgan fingerprint density at radius 3 is 2.31 bits per heavy atom. The average molecular weight is 275 g/mol. The highest BCUT2D eigenvalue weighted by Gasteiger charge is 2.27. The van der Waals surface area contributed by atoms with E-state index in [0.29, 0.717) is 0 Å². The first kappa shape index (κ1) is 13.1. The second kappa shape index (κ2) is 4.94. The summed E-state index contributed by atoms with van der Waals surface area (Å²) in [6.07, 6.45) is -4.36. The first-order valence-corrected chi connectivity index (χ1v) is 4.72. The van der Waals surface area contributed by atoms with Crippen LogP contribution >= 0.6 is 23.2 Å². The molecule has 9 heteroatoms. The van der Waals surface area contributed by atoms with E-state index in [9.17, 15) is 13.2 Å². The zero-order valence-electron chi connectivity index (χ0n) is 7.70. The van der Waals surface area contributed by atoms with E-state index >= 15 is 0 Å². The SMILES string of the molecule is NNc1nc(NCC(F)(F)F)c(Cl)cc1Cl. The smallest absolute Gasteiger partial charge is 0.360 e. The molecule has 0 fully saturated rings. The zero-order chi connectivity index (χ0) is 12.3. The van der Waals surface area contributed by atoms with Crippen LogP contribution in [0.15, 0.2) is 6.07 Å². The minimum absolute atomic E-state index is 0.0201. The molecule has 0 amide bonds. The molecule has 4 N–H and O–H groups in total. The first-order chi connectivity index (χ1) is 7.33. The van der Waals surface area contributed by atoms with Crippen LogP contribution in [0.1, 0.15) is 0 Å². The number of nitrogens with one attached hydrogen (secondary N) is 2. The second-order valence-electron chi connectivity index (χ2n) is 2.76. The van der Waals surface area contributed by atoms with Crippen LogP contribution < -0.4 is 16.6 Å². The van der Waals surface area contributed by atoms with Crippen LogP contribution in [0, 0.1) is 0 Å². The Balaban J connectivity index is 2.88. The first-order valence-electron chi connectivity index (χ1n) is 3.97. The number of aromatic nitrogens is 1. The van der Waals surface area contributed by atoms with Gasteiger partial charge in [0.25, 0.3) is 0 Å².